The van der Waals surface area contributed by atoms with Crippen molar-refractivity contribution in [2.24, 2.45) is 5.92 Å². The number of hydrogen-bond donors (Lipinski definition) is 0. The fourth-order valence-electron chi connectivity index (χ4n) is 5.84. The Morgan fingerprint density at radius 3 is 2.19 bits per heavy atom. The molecule has 1 aliphatic heterocycles. The van der Waals surface area contributed by atoms with Crippen LogP contribution in [0.2, 0.25) is 5.02 Å². The average molecular weight is 594 g/mol. The lowest BCUT2D eigenvalue weighted by molar-refractivity contribution is 0.0602. The van der Waals surface area contributed by atoms with Crippen LogP contribution < -0.4 is 9.80 Å². The van der Waals surface area contributed by atoms with E-state index in [0.717, 1.165) is 22.4 Å². The number of methoxy groups -OCH3 is 1. The Bertz CT molecular complexity index is 1650. The number of para-hydroxylation sites is 1. The van der Waals surface area contributed by atoms with Crippen LogP contribution in [0.15, 0.2) is 121 Å². The summed E-state index contributed by atoms with van der Waals surface area (Å²) in [5.41, 5.74) is 4.68. The third kappa shape index (κ3) is 5.24. The lowest BCUT2D eigenvalue weighted by Gasteiger charge is -2.31. The maximum atomic E-state index is 14.5. The van der Waals surface area contributed by atoms with Crippen LogP contribution in [0.3, 0.4) is 0 Å². The summed E-state index contributed by atoms with van der Waals surface area (Å²) >= 11 is 7.72. The molecule has 1 aromatic heterocycles. The fraction of sp³-hybridized carbons (Fsp3) is 0.194. The van der Waals surface area contributed by atoms with E-state index in [0.29, 0.717) is 15.6 Å². The van der Waals surface area contributed by atoms with Crippen LogP contribution in [0.25, 0.3) is 0 Å². The molecule has 4 aromatic carbocycles. The van der Waals surface area contributed by atoms with Crippen molar-refractivity contribution >= 4 is 34.4 Å². The Labute approximate surface area is 256 Å². The predicted molar refractivity (Wildman–Crippen MR) is 171 cm³/mol. The summed E-state index contributed by atoms with van der Waals surface area (Å²) in [5.74, 6) is 0.176. The van der Waals surface area contributed by atoms with Crippen molar-refractivity contribution in [2.45, 2.75) is 31.4 Å². The van der Waals surface area contributed by atoms with Gasteiger partial charge in [0.15, 0.2) is 5.78 Å². The minimum atomic E-state index is -0.561. The number of anilines is 1. The first kappa shape index (κ1) is 28.2. The Balaban J connectivity index is 1.56. The number of hydroxylamine groups is 1. The number of ketones is 1. The average Bonchev–Trinajstić information content (AvgIpc) is 3.71. The maximum Gasteiger partial charge on any atom is 0.181 e. The number of carbonyl (C=O) groups excluding carboxylic acids is 1. The number of nitrogens with zero attached hydrogens (tertiary/aromatic N) is 1. The molecular weight excluding hydrogens is 562 g/mol. The van der Waals surface area contributed by atoms with Crippen LogP contribution in [0.1, 0.15) is 57.9 Å². The maximum absolute atomic E-state index is 14.5. The van der Waals surface area contributed by atoms with Crippen LogP contribution >= 0.6 is 22.9 Å². The summed E-state index contributed by atoms with van der Waals surface area (Å²) in [6, 6.07) is 37.6. The molecule has 0 aliphatic carbocycles. The van der Waals surface area contributed by atoms with Gasteiger partial charge < -0.3 is 4.74 Å². The Morgan fingerprint density at radius 2 is 1.55 bits per heavy atom. The number of halogens is 1. The van der Waals surface area contributed by atoms with Crippen LogP contribution in [0.5, 0.6) is 5.75 Å². The van der Waals surface area contributed by atoms with Gasteiger partial charge in [0.1, 0.15) is 11.9 Å². The van der Waals surface area contributed by atoms with E-state index in [9.17, 15) is 4.79 Å². The van der Waals surface area contributed by atoms with E-state index in [2.05, 4.69) is 50.2 Å². The molecule has 0 amide bonds. The smallest absolute Gasteiger partial charge is 0.181 e. The van der Waals surface area contributed by atoms with Crippen LogP contribution in [0, 0.1) is 5.92 Å². The van der Waals surface area contributed by atoms with Gasteiger partial charge in [-0.3, -0.25) is 9.63 Å². The highest BCUT2D eigenvalue weighted by Crippen LogP contribution is 2.52. The van der Waals surface area contributed by atoms with Crippen molar-refractivity contribution < 1.29 is 14.4 Å². The number of thiophene rings is 1. The normalized spacial score (nSPS) is 18.7. The molecule has 0 radical (unpaired) electrons. The molecular formula is C36H32ClNO3S. The molecule has 3 atom stereocenters. The summed E-state index contributed by atoms with van der Waals surface area (Å²) in [6.45, 7) is 4.44. The standard InChI is InChI=1S/C36H32ClNO3S/c1-36(2,25-11-6-4-7-12-25)26-18-21-30(40-3)29(23-26)33-32(34(39)31-15-10-22-42-31)35(24-16-19-27(37)20-17-24)41-38(33)28-13-8-5-9-14-28/h4-23,32-33,35H,1-3H3/t32-,33+,35-/m0/s1. The van der Waals surface area contributed by atoms with Crippen LogP contribution in [-0.2, 0) is 10.3 Å². The van der Waals surface area contributed by atoms with Gasteiger partial charge >= 0.3 is 0 Å². The molecule has 0 spiro atoms. The van der Waals surface area contributed by atoms with Gasteiger partial charge in [-0.1, -0.05) is 98.2 Å². The second kappa shape index (κ2) is 11.8. The lowest BCUT2D eigenvalue weighted by Crippen LogP contribution is -2.29. The topological polar surface area (TPSA) is 38.8 Å². The zero-order valence-corrected chi connectivity index (χ0v) is 25.3. The van der Waals surface area contributed by atoms with Crippen LogP contribution in [0.4, 0.5) is 5.69 Å². The second-order valence-electron chi connectivity index (χ2n) is 11.0. The van der Waals surface area contributed by atoms with Gasteiger partial charge in [0, 0.05) is 16.0 Å². The molecule has 6 heteroatoms. The minimum Gasteiger partial charge on any atom is -0.496 e. The number of ether oxygens (including phenoxy) is 1. The van der Waals surface area contributed by atoms with Gasteiger partial charge in [-0.05, 0) is 64.5 Å². The molecule has 5 aromatic rings. The molecule has 0 N–H and O–H groups in total. The molecule has 4 nitrogen and oxygen atoms in total. The van der Waals surface area contributed by atoms with Gasteiger partial charge in [-0.2, -0.15) is 0 Å². The van der Waals surface area contributed by atoms with Crippen LogP contribution in [-0.4, -0.2) is 12.9 Å². The number of carbonyl (C=O) groups is 1. The largest absolute Gasteiger partial charge is 0.496 e. The zero-order chi connectivity index (χ0) is 29.3. The molecule has 0 saturated carbocycles. The monoisotopic (exact) mass is 593 g/mol. The van der Waals surface area contributed by atoms with E-state index < -0.39 is 18.1 Å². The van der Waals surface area contributed by atoms with E-state index in [1.165, 1.54) is 16.9 Å². The van der Waals surface area contributed by atoms with Gasteiger partial charge in [0.25, 0.3) is 0 Å². The molecule has 6 rings (SSSR count). The summed E-state index contributed by atoms with van der Waals surface area (Å²) in [4.78, 5) is 22.0. The molecule has 1 saturated heterocycles. The first-order chi connectivity index (χ1) is 20.4. The van der Waals surface area contributed by atoms with Crippen molar-refractivity contribution in [1.82, 2.24) is 0 Å². The first-order valence-corrected chi connectivity index (χ1v) is 15.2. The molecule has 42 heavy (non-hydrogen) atoms. The number of benzene rings is 4. The highest BCUT2D eigenvalue weighted by molar-refractivity contribution is 7.12. The molecule has 2 heterocycles. The summed E-state index contributed by atoms with van der Waals surface area (Å²) in [6.07, 6.45) is -0.544. The third-order valence-electron chi connectivity index (χ3n) is 8.19. The van der Waals surface area contributed by atoms with E-state index in [-0.39, 0.29) is 11.2 Å². The first-order valence-electron chi connectivity index (χ1n) is 14.0. The predicted octanol–water partition coefficient (Wildman–Crippen LogP) is 9.47. The fourth-order valence-corrected chi connectivity index (χ4v) is 6.68. The summed E-state index contributed by atoms with van der Waals surface area (Å²) in [5, 5.41) is 4.47. The Kier molecular flexibility index (Phi) is 7.91. The van der Waals surface area contributed by atoms with E-state index in [1.54, 1.807) is 7.11 Å². The van der Waals surface area contributed by atoms with Gasteiger partial charge in [-0.25, -0.2) is 5.06 Å². The molecule has 1 fully saturated rings. The van der Waals surface area contributed by atoms with Gasteiger partial charge in [-0.15, -0.1) is 11.3 Å². The summed E-state index contributed by atoms with van der Waals surface area (Å²) < 4.78 is 5.98. The SMILES string of the molecule is COc1ccc(C(C)(C)c2ccccc2)cc1[C@@H]1[C@@H](C(=O)c2cccs2)[C@H](c2ccc(Cl)cc2)ON1c1ccccc1. The van der Waals surface area contributed by atoms with Crippen molar-refractivity contribution in [3.8, 4) is 5.75 Å². The molecule has 0 bridgehead atoms. The lowest BCUT2D eigenvalue weighted by atomic mass is 9.76. The van der Waals surface area contributed by atoms with E-state index in [1.807, 2.05) is 89.3 Å². The molecule has 1 aliphatic rings. The Morgan fingerprint density at radius 1 is 0.857 bits per heavy atom. The molecule has 0 unspecified atom stereocenters. The van der Waals surface area contributed by atoms with Gasteiger partial charge in [0.05, 0.1) is 29.6 Å². The van der Waals surface area contributed by atoms with Crippen molar-refractivity contribution in [3.63, 3.8) is 0 Å². The van der Waals surface area contributed by atoms with Crippen molar-refractivity contribution in [2.75, 3.05) is 12.2 Å². The number of Topliss-reactive ketones (excluding diaryl/α,β-unsaturated/α-hetero) is 1. The number of hydrogen-bond acceptors (Lipinski definition) is 5. The van der Waals surface area contributed by atoms with E-state index >= 15 is 0 Å². The molecule has 212 valence electrons. The highest BCUT2D eigenvalue weighted by atomic mass is 35.5. The summed E-state index contributed by atoms with van der Waals surface area (Å²) in [7, 11) is 1.68. The van der Waals surface area contributed by atoms with Gasteiger partial charge in [0.2, 0.25) is 0 Å². The second-order valence-corrected chi connectivity index (χ2v) is 12.4. The zero-order valence-electron chi connectivity index (χ0n) is 23.7. The van der Waals surface area contributed by atoms with Crippen molar-refractivity contribution in [3.05, 3.63) is 153 Å². The quantitative estimate of drug-likeness (QED) is 0.168. The minimum absolute atomic E-state index is 0.0307. The highest BCUT2D eigenvalue weighted by Gasteiger charge is 2.50. The van der Waals surface area contributed by atoms with E-state index in [4.69, 9.17) is 21.2 Å². The Hall–Kier alpha value is -3.90. The number of rotatable bonds is 8. The van der Waals surface area contributed by atoms with Crippen molar-refractivity contribution in [1.29, 1.82) is 0 Å². The third-order valence-corrected chi connectivity index (χ3v) is 9.32.